The van der Waals surface area contributed by atoms with E-state index in [1.54, 1.807) is 0 Å². The number of alkyl halides is 3. The molecule has 2 nitrogen and oxygen atoms in total. The predicted molar refractivity (Wildman–Crippen MR) is 61.2 cm³/mol. The van der Waals surface area contributed by atoms with Crippen molar-refractivity contribution in [3.63, 3.8) is 0 Å². The molecule has 0 heterocycles. The highest BCUT2D eigenvalue weighted by Gasteiger charge is 2.27. The number of halogens is 3. The van der Waals surface area contributed by atoms with Crippen LogP contribution in [0.15, 0.2) is 23.4 Å². The Hall–Kier alpha value is -0.360. The van der Waals surface area contributed by atoms with Gasteiger partial charge in [-0.05, 0) is 12.0 Å². The highest BCUT2D eigenvalue weighted by atomic mass is 35.6. The van der Waals surface area contributed by atoms with Crippen LogP contribution >= 0.6 is 34.8 Å². The first kappa shape index (κ1) is 13.6. The van der Waals surface area contributed by atoms with Crippen molar-refractivity contribution in [1.29, 1.82) is 5.26 Å². The van der Waals surface area contributed by atoms with E-state index in [0.717, 1.165) is 6.42 Å². The minimum Gasteiger partial charge on any atom is -0.397 e. The van der Waals surface area contributed by atoms with E-state index in [1.165, 1.54) is 0 Å². The normalized spacial score (nSPS) is 13.1. The van der Waals surface area contributed by atoms with Crippen molar-refractivity contribution < 1.29 is 0 Å². The summed E-state index contributed by atoms with van der Waals surface area (Å²) in [4.78, 5) is 0. The third-order valence-corrected chi connectivity index (χ3v) is 2.20. The van der Waals surface area contributed by atoms with Crippen LogP contribution in [-0.4, -0.2) is 3.79 Å². The van der Waals surface area contributed by atoms with E-state index in [4.69, 9.17) is 45.8 Å². The molecule has 0 aliphatic carbocycles. The quantitative estimate of drug-likeness (QED) is 0.476. The fraction of sp³-hybridized carbons (Fsp3) is 0.444. The highest BCUT2D eigenvalue weighted by Crippen LogP contribution is 2.35. The lowest BCUT2D eigenvalue weighted by Gasteiger charge is -2.14. The van der Waals surface area contributed by atoms with Gasteiger partial charge in [-0.2, -0.15) is 5.26 Å². The summed E-state index contributed by atoms with van der Waals surface area (Å²) in [6.07, 6.45) is 1.52. The average molecular weight is 254 g/mol. The number of nitrogens with two attached hydrogens (primary N) is 1. The van der Waals surface area contributed by atoms with Crippen molar-refractivity contribution in [1.82, 2.24) is 0 Å². The van der Waals surface area contributed by atoms with Crippen LogP contribution in [0.25, 0.3) is 0 Å². The molecular weight excluding hydrogens is 242 g/mol. The van der Waals surface area contributed by atoms with Crippen LogP contribution in [0.2, 0.25) is 0 Å². The van der Waals surface area contributed by atoms with Crippen LogP contribution in [0.1, 0.15) is 19.8 Å². The number of rotatable bonds is 3. The topological polar surface area (TPSA) is 49.8 Å². The number of allylic oxidation sites excluding steroid dienone is 3. The van der Waals surface area contributed by atoms with Crippen molar-refractivity contribution in [2.24, 2.45) is 5.73 Å². The zero-order valence-corrected chi connectivity index (χ0v) is 10.0. The third kappa shape index (κ3) is 3.79. The molecule has 0 atom stereocenters. The molecule has 0 unspecified atom stereocenters. The lowest BCUT2D eigenvalue weighted by atomic mass is 10.0. The second-order valence-corrected chi connectivity index (χ2v) is 5.03. The molecule has 0 aliphatic rings. The summed E-state index contributed by atoms with van der Waals surface area (Å²) in [5.41, 5.74) is 6.24. The Morgan fingerprint density at radius 1 is 1.50 bits per heavy atom. The summed E-state index contributed by atoms with van der Waals surface area (Å²) < 4.78 is -1.75. The van der Waals surface area contributed by atoms with Gasteiger partial charge in [-0.15, -0.1) is 0 Å². The van der Waals surface area contributed by atoms with E-state index in [1.807, 2.05) is 13.0 Å². The van der Waals surface area contributed by atoms with Crippen LogP contribution in [0.5, 0.6) is 0 Å². The van der Waals surface area contributed by atoms with E-state index in [9.17, 15) is 0 Å². The zero-order chi connectivity index (χ0) is 11.4. The first-order chi connectivity index (χ1) is 6.34. The van der Waals surface area contributed by atoms with Gasteiger partial charge in [0, 0.05) is 0 Å². The van der Waals surface area contributed by atoms with E-state index in [0.29, 0.717) is 12.0 Å². The molecule has 0 aromatic rings. The van der Waals surface area contributed by atoms with Gasteiger partial charge >= 0.3 is 0 Å². The maximum Gasteiger partial charge on any atom is 0.231 e. The van der Waals surface area contributed by atoms with Gasteiger partial charge < -0.3 is 5.73 Å². The Morgan fingerprint density at radius 3 is 2.29 bits per heavy atom. The highest BCUT2D eigenvalue weighted by molar-refractivity contribution is 6.69. The van der Waals surface area contributed by atoms with E-state index >= 15 is 0 Å². The summed E-state index contributed by atoms with van der Waals surface area (Å²) in [6, 6.07) is 1.89. The Kier molecular flexibility index (Phi) is 5.36. The van der Waals surface area contributed by atoms with Gasteiger partial charge in [0.05, 0.1) is 11.3 Å². The maximum atomic E-state index is 8.83. The molecule has 0 amide bonds. The first-order valence-electron chi connectivity index (χ1n) is 3.99. The summed E-state index contributed by atoms with van der Waals surface area (Å²) >= 11 is 16.7. The van der Waals surface area contributed by atoms with E-state index < -0.39 is 3.79 Å². The van der Waals surface area contributed by atoms with Crippen molar-refractivity contribution in [2.75, 3.05) is 0 Å². The zero-order valence-electron chi connectivity index (χ0n) is 7.78. The van der Waals surface area contributed by atoms with E-state index in [-0.39, 0.29) is 11.3 Å². The minimum atomic E-state index is -1.75. The molecule has 0 spiro atoms. The predicted octanol–water partition coefficient (Wildman–Crippen LogP) is 3.45. The molecule has 14 heavy (non-hydrogen) atoms. The second-order valence-electron chi connectivity index (χ2n) is 2.75. The van der Waals surface area contributed by atoms with Gasteiger partial charge in [0.2, 0.25) is 3.79 Å². The maximum absolute atomic E-state index is 8.83. The molecule has 0 aromatic heterocycles. The molecule has 0 saturated heterocycles. The van der Waals surface area contributed by atoms with Gasteiger partial charge in [0.15, 0.2) is 0 Å². The van der Waals surface area contributed by atoms with Crippen molar-refractivity contribution in [3.8, 4) is 6.07 Å². The van der Waals surface area contributed by atoms with Gasteiger partial charge in [-0.1, -0.05) is 54.7 Å². The first-order valence-corrected chi connectivity index (χ1v) is 5.13. The molecule has 2 N–H and O–H groups in total. The Balaban J connectivity index is 5.08. The van der Waals surface area contributed by atoms with Crippen LogP contribution in [0, 0.1) is 11.3 Å². The molecule has 0 aliphatic heterocycles. The molecule has 0 aromatic carbocycles. The van der Waals surface area contributed by atoms with Gasteiger partial charge in [0.1, 0.15) is 6.07 Å². The number of hydrogen-bond acceptors (Lipinski definition) is 2. The molecule has 0 fully saturated rings. The fourth-order valence-corrected chi connectivity index (χ4v) is 1.18. The smallest absolute Gasteiger partial charge is 0.231 e. The third-order valence-electron chi connectivity index (χ3n) is 1.59. The van der Waals surface area contributed by atoms with Gasteiger partial charge in [-0.25, -0.2) is 0 Å². The lowest BCUT2D eigenvalue weighted by molar-refractivity contribution is 0.915. The summed E-state index contributed by atoms with van der Waals surface area (Å²) in [6.45, 7) is 5.68. The molecular formula is C9H11Cl3N2. The molecule has 78 valence electrons. The molecule has 0 bridgehead atoms. The average Bonchev–Trinajstić information content (AvgIpc) is 2.04. The van der Waals surface area contributed by atoms with Gasteiger partial charge in [-0.3, -0.25) is 0 Å². The van der Waals surface area contributed by atoms with Crippen molar-refractivity contribution in [2.45, 2.75) is 23.6 Å². The second kappa shape index (κ2) is 5.50. The number of nitriles is 1. The van der Waals surface area contributed by atoms with Crippen molar-refractivity contribution >= 4 is 34.8 Å². The van der Waals surface area contributed by atoms with E-state index in [2.05, 4.69) is 6.58 Å². The summed E-state index contributed by atoms with van der Waals surface area (Å²) in [7, 11) is 0. The monoisotopic (exact) mass is 252 g/mol. The SMILES string of the molecule is C=C(CCC)/C(C#N)=C(\N)C(Cl)(Cl)Cl. The standard InChI is InChI=1S/C9H11Cl3N2/c1-3-4-6(2)7(5-13)8(14)9(10,11)12/h2-4,14H2,1H3/b8-7-. The number of nitrogens with zero attached hydrogens (tertiary/aromatic N) is 1. The lowest BCUT2D eigenvalue weighted by Crippen LogP contribution is -2.18. The van der Waals surface area contributed by atoms with Crippen LogP contribution in [0.3, 0.4) is 0 Å². The Morgan fingerprint density at radius 2 is 2.00 bits per heavy atom. The Bertz CT molecular complexity index is 294. The minimum absolute atomic E-state index is 0.0662. The molecule has 5 heteroatoms. The Labute approximate surface area is 98.9 Å². The molecule has 0 rings (SSSR count). The van der Waals surface area contributed by atoms with Crippen LogP contribution < -0.4 is 5.73 Å². The number of hydrogen-bond donors (Lipinski definition) is 1. The largest absolute Gasteiger partial charge is 0.397 e. The van der Waals surface area contributed by atoms with Crippen LogP contribution in [-0.2, 0) is 0 Å². The summed E-state index contributed by atoms with van der Waals surface area (Å²) in [5.74, 6) is 0. The van der Waals surface area contributed by atoms with Crippen molar-refractivity contribution in [3.05, 3.63) is 23.4 Å². The van der Waals surface area contributed by atoms with Gasteiger partial charge in [0.25, 0.3) is 0 Å². The molecule has 0 saturated carbocycles. The van der Waals surface area contributed by atoms with Crippen LogP contribution in [0.4, 0.5) is 0 Å². The molecule has 0 radical (unpaired) electrons. The fourth-order valence-electron chi connectivity index (χ4n) is 0.898. The summed E-state index contributed by atoms with van der Waals surface area (Å²) in [5, 5.41) is 8.83.